The highest BCUT2D eigenvalue weighted by Gasteiger charge is 2.19. The van der Waals surface area contributed by atoms with Gasteiger partial charge < -0.3 is 9.73 Å². The molecule has 0 amide bonds. The highest BCUT2D eigenvalue weighted by molar-refractivity contribution is 5.04. The Morgan fingerprint density at radius 3 is 3.18 bits per heavy atom. The third-order valence-corrected chi connectivity index (χ3v) is 3.71. The molecule has 1 N–H and O–H groups in total. The third-order valence-electron chi connectivity index (χ3n) is 3.71. The standard InChI is InChI=1S/C14H24N2O/c1-2-14-5-3-4-8-16(14)9-7-15-11-13-6-10-17-12-13/h6,10,12,14-15H,2-5,7-9,11H2,1H3. The first-order chi connectivity index (χ1) is 8.40. The molecule has 2 rings (SSSR count). The molecule has 0 spiro atoms. The molecule has 1 aromatic heterocycles. The monoisotopic (exact) mass is 236 g/mol. The van der Waals surface area contributed by atoms with Gasteiger partial charge in [0.05, 0.1) is 12.5 Å². The van der Waals surface area contributed by atoms with Crippen LogP contribution in [0.15, 0.2) is 23.0 Å². The fourth-order valence-electron chi connectivity index (χ4n) is 2.67. The first-order valence-corrected chi connectivity index (χ1v) is 6.86. The lowest BCUT2D eigenvalue weighted by Gasteiger charge is -2.35. The molecule has 0 radical (unpaired) electrons. The van der Waals surface area contributed by atoms with Crippen molar-refractivity contribution in [2.24, 2.45) is 0 Å². The quantitative estimate of drug-likeness (QED) is 0.770. The Morgan fingerprint density at radius 1 is 1.47 bits per heavy atom. The Labute approximate surface area is 104 Å². The summed E-state index contributed by atoms with van der Waals surface area (Å²) in [5.74, 6) is 0. The summed E-state index contributed by atoms with van der Waals surface area (Å²) < 4.78 is 5.05. The number of piperidine rings is 1. The Balaban J connectivity index is 1.63. The van der Waals surface area contributed by atoms with Crippen LogP contribution in [0, 0.1) is 0 Å². The predicted molar refractivity (Wildman–Crippen MR) is 69.9 cm³/mol. The van der Waals surface area contributed by atoms with Gasteiger partial charge in [0.1, 0.15) is 0 Å². The van der Waals surface area contributed by atoms with E-state index < -0.39 is 0 Å². The van der Waals surface area contributed by atoms with Gasteiger partial charge in [0.15, 0.2) is 0 Å². The van der Waals surface area contributed by atoms with E-state index in [2.05, 4.69) is 17.1 Å². The van der Waals surface area contributed by atoms with E-state index in [-0.39, 0.29) is 0 Å². The Kier molecular flexibility index (Phi) is 5.08. The van der Waals surface area contributed by atoms with Crippen molar-refractivity contribution in [3.8, 4) is 0 Å². The van der Waals surface area contributed by atoms with Crippen molar-refractivity contribution in [1.82, 2.24) is 10.2 Å². The molecule has 0 aromatic carbocycles. The second-order valence-corrected chi connectivity index (χ2v) is 4.90. The minimum absolute atomic E-state index is 0.819. The van der Waals surface area contributed by atoms with Crippen LogP contribution in [0.4, 0.5) is 0 Å². The average Bonchev–Trinajstić information content (AvgIpc) is 2.88. The lowest BCUT2D eigenvalue weighted by atomic mass is 10.0. The normalized spacial score (nSPS) is 21.8. The van der Waals surface area contributed by atoms with Gasteiger partial charge >= 0.3 is 0 Å². The van der Waals surface area contributed by atoms with Crippen LogP contribution in [0.2, 0.25) is 0 Å². The minimum Gasteiger partial charge on any atom is -0.472 e. The lowest BCUT2D eigenvalue weighted by Crippen LogP contribution is -2.42. The highest BCUT2D eigenvalue weighted by atomic mass is 16.3. The Bertz CT molecular complexity index is 297. The molecule has 1 aliphatic rings. The van der Waals surface area contributed by atoms with Crippen molar-refractivity contribution in [3.05, 3.63) is 24.2 Å². The van der Waals surface area contributed by atoms with Gasteiger partial charge in [0, 0.05) is 31.2 Å². The van der Waals surface area contributed by atoms with Gasteiger partial charge in [-0.2, -0.15) is 0 Å². The van der Waals surface area contributed by atoms with E-state index >= 15 is 0 Å². The largest absolute Gasteiger partial charge is 0.472 e. The molecule has 1 aliphatic heterocycles. The van der Waals surface area contributed by atoms with E-state index in [1.807, 2.05) is 12.3 Å². The van der Waals surface area contributed by atoms with Crippen LogP contribution in [0.25, 0.3) is 0 Å². The van der Waals surface area contributed by atoms with Crippen LogP contribution < -0.4 is 5.32 Å². The molecular weight excluding hydrogens is 212 g/mol. The van der Waals surface area contributed by atoms with Gasteiger partial charge in [-0.1, -0.05) is 13.3 Å². The van der Waals surface area contributed by atoms with E-state index in [1.165, 1.54) is 44.3 Å². The summed E-state index contributed by atoms with van der Waals surface area (Å²) in [6.45, 7) is 6.76. The average molecular weight is 236 g/mol. The second kappa shape index (κ2) is 6.82. The van der Waals surface area contributed by atoms with E-state index in [4.69, 9.17) is 4.42 Å². The number of rotatable bonds is 6. The number of hydrogen-bond donors (Lipinski definition) is 1. The number of nitrogens with one attached hydrogen (secondary N) is 1. The molecule has 2 heterocycles. The number of furan rings is 1. The molecule has 1 unspecified atom stereocenters. The first-order valence-electron chi connectivity index (χ1n) is 6.86. The molecule has 3 heteroatoms. The smallest absolute Gasteiger partial charge is 0.0947 e. The SMILES string of the molecule is CCC1CCCCN1CCNCc1ccoc1. The van der Waals surface area contributed by atoms with Gasteiger partial charge in [0.2, 0.25) is 0 Å². The van der Waals surface area contributed by atoms with Gasteiger partial charge in [-0.15, -0.1) is 0 Å². The summed E-state index contributed by atoms with van der Waals surface area (Å²) in [6.07, 6.45) is 9.01. The molecule has 0 aliphatic carbocycles. The maximum Gasteiger partial charge on any atom is 0.0947 e. The second-order valence-electron chi connectivity index (χ2n) is 4.90. The lowest BCUT2D eigenvalue weighted by molar-refractivity contribution is 0.145. The van der Waals surface area contributed by atoms with Crippen molar-refractivity contribution in [2.45, 2.75) is 45.2 Å². The molecular formula is C14H24N2O. The van der Waals surface area contributed by atoms with Crippen LogP contribution in [0.3, 0.4) is 0 Å². The number of likely N-dealkylation sites (tertiary alicyclic amines) is 1. The molecule has 1 atom stereocenters. The molecule has 0 bridgehead atoms. The molecule has 3 nitrogen and oxygen atoms in total. The topological polar surface area (TPSA) is 28.4 Å². The van der Waals surface area contributed by atoms with Crippen LogP contribution in [0.5, 0.6) is 0 Å². The van der Waals surface area contributed by atoms with Gasteiger partial charge in [-0.3, -0.25) is 4.90 Å². The fourth-order valence-corrected chi connectivity index (χ4v) is 2.67. The zero-order valence-corrected chi connectivity index (χ0v) is 10.8. The molecule has 1 fully saturated rings. The molecule has 1 aromatic rings. The van der Waals surface area contributed by atoms with Crippen LogP contribution in [-0.4, -0.2) is 30.6 Å². The fraction of sp³-hybridized carbons (Fsp3) is 0.714. The maximum atomic E-state index is 5.05. The van der Waals surface area contributed by atoms with E-state index in [0.717, 1.165) is 19.1 Å². The Hall–Kier alpha value is -0.800. The predicted octanol–water partition coefficient (Wildman–Crippen LogP) is 2.63. The molecule has 1 saturated heterocycles. The van der Waals surface area contributed by atoms with Gasteiger partial charge in [-0.25, -0.2) is 0 Å². The molecule has 0 saturated carbocycles. The van der Waals surface area contributed by atoms with E-state index in [9.17, 15) is 0 Å². The summed E-state index contributed by atoms with van der Waals surface area (Å²) >= 11 is 0. The summed E-state index contributed by atoms with van der Waals surface area (Å²) in [5.41, 5.74) is 1.23. The van der Waals surface area contributed by atoms with Crippen LogP contribution in [-0.2, 0) is 6.54 Å². The van der Waals surface area contributed by atoms with Crippen LogP contribution in [0.1, 0.15) is 38.2 Å². The van der Waals surface area contributed by atoms with Crippen molar-refractivity contribution in [1.29, 1.82) is 0 Å². The van der Waals surface area contributed by atoms with E-state index in [0.29, 0.717) is 0 Å². The summed E-state index contributed by atoms with van der Waals surface area (Å²) in [6, 6.07) is 2.84. The third kappa shape index (κ3) is 3.86. The van der Waals surface area contributed by atoms with Gasteiger partial charge in [-0.05, 0) is 31.9 Å². The van der Waals surface area contributed by atoms with Crippen LogP contribution >= 0.6 is 0 Å². The minimum atomic E-state index is 0.819. The molecule has 96 valence electrons. The van der Waals surface area contributed by atoms with Crippen molar-refractivity contribution in [2.75, 3.05) is 19.6 Å². The van der Waals surface area contributed by atoms with Crippen molar-refractivity contribution >= 4 is 0 Å². The zero-order chi connectivity index (χ0) is 11.9. The first kappa shape index (κ1) is 12.7. The number of hydrogen-bond acceptors (Lipinski definition) is 3. The Morgan fingerprint density at radius 2 is 2.41 bits per heavy atom. The summed E-state index contributed by atoms with van der Waals surface area (Å²) in [4.78, 5) is 2.64. The van der Waals surface area contributed by atoms with Gasteiger partial charge in [0.25, 0.3) is 0 Å². The summed E-state index contributed by atoms with van der Waals surface area (Å²) in [5, 5.41) is 3.48. The van der Waals surface area contributed by atoms with E-state index in [1.54, 1.807) is 6.26 Å². The van der Waals surface area contributed by atoms with Crippen molar-refractivity contribution < 1.29 is 4.42 Å². The summed E-state index contributed by atoms with van der Waals surface area (Å²) in [7, 11) is 0. The van der Waals surface area contributed by atoms with Crippen molar-refractivity contribution in [3.63, 3.8) is 0 Å². The number of nitrogens with zero attached hydrogens (tertiary/aromatic N) is 1. The molecule has 17 heavy (non-hydrogen) atoms. The zero-order valence-electron chi connectivity index (χ0n) is 10.8. The highest BCUT2D eigenvalue weighted by Crippen LogP contribution is 2.18. The maximum absolute atomic E-state index is 5.05.